The van der Waals surface area contributed by atoms with Crippen molar-refractivity contribution in [2.45, 2.75) is 41.5 Å². The molecule has 0 aliphatic heterocycles. The highest BCUT2D eigenvalue weighted by molar-refractivity contribution is 5.82. The van der Waals surface area contributed by atoms with Crippen LogP contribution >= 0.6 is 0 Å². The van der Waals surface area contributed by atoms with Gasteiger partial charge < -0.3 is 25.0 Å². The molecule has 0 unspecified atom stereocenters. The predicted octanol–water partition coefficient (Wildman–Crippen LogP) is 7.92. The van der Waals surface area contributed by atoms with Crippen LogP contribution in [0.4, 0.5) is 17.1 Å². The number of anilines is 3. The molecule has 4 rings (SSSR count). The zero-order valence-corrected chi connectivity index (χ0v) is 21.0. The number of aromatic hydroxyl groups is 3. The molecule has 0 fully saturated rings. The minimum Gasteiger partial charge on any atom is -0.508 e. The first kappa shape index (κ1) is 24.0. The lowest BCUT2D eigenvalue weighted by Gasteiger charge is -2.29. The van der Waals surface area contributed by atoms with Gasteiger partial charge in [0.15, 0.2) is 0 Å². The third-order valence-corrected chi connectivity index (χ3v) is 6.45. The van der Waals surface area contributed by atoms with Crippen LogP contribution in [0, 0.1) is 41.5 Å². The Balaban J connectivity index is 1.81. The second-order valence-corrected chi connectivity index (χ2v) is 9.09. The number of hydrogen-bond acceptors (Lipinski definition) is 5. The van der Waals surface area contributed by atoms with Gasteiger partial charge in [0.2, 0.25) is 0 Å². The molecule has 3 N–H and O–H groups in total. The van der Waals surface area contributed by atoms with Gasteiger partial charge in [-0.1, -0.05) is 12.1 Å². The van der Waals surface area contributed by atoms with Gasteiger partial charge >= 0.3 is 0 Å². The van der Waals surface area contributed by atoms with E-state index in [9.17, 15) is 15.3 Å². The highest BCUT2D eigenvalue weighted by Gasteiger charge is 2.21. The van der Waals surface area contributed by atoms with E-state index < -0.39 is 0 Å². The summed E-state index contributed by atoms with van der Waals surface area (Å²) in [5, 5.41) is 31.1. The van der Waals surface area contributed by atoms with Crippen LogP contribution in [0.2, 0.25) is 0 Å². The molecule has 0 saturated heterocycles. The largest absolute Gasteiger partial charge is 0.508 e. The quantitative estimate of drug-likeness (QED) is 0.277. The van der Waals surface area contributed by atoms with Crippen LogP contribution in [0.1, 0.15) is 33.4 Å². The lowest BCUT2D eigenvalue weighted by atomic mass is 10.0. The van der Waals surface area contributed by atoms with Crippen LogP contribution < -0.4 is 9.64 Å². The van der Waals surface area contributed by atoms with Crippen molar-refractivity contribution in [3.8, 4) is 28.7 Å². The van der Waals surface area contributed by atoms with Crippen LogP contribution in [-0.4, -0.2) is 15.3 Å². The van der Waals surface area contributed by atoms with E-state index in [1.54, 1.807) is 12.1 Å². The molecule has 35 heavy (non-hydrogen) atoms. The van der Waals surface area contributed by atoms with E-state index in [1.165, 1.54) is 0 Å². The van der Waals surface area contributed by atoms with E-state index in [1.807, 2.05) is 95.0 Å². The maximum Gasteiger partial charge on any atom is 0.133 e. The maximum absolute atomic E-state index is 10.7. The summed E-state index contributed by atoms with van der Waals surface area (Å²) in [6.45, 7) is 11.3. The van der Waals surface area contributed by atoms with Gasteiger partial charge in [0.1, 0.15) is 28.7 Å². The summed E-state index contributed by atoms with van der Waals surface area (Å²) in [5.74, 6) is 2.09. The molecule has 0 atom stereocenters. The Morgan fingerprint density at radius 2 is 1.03 bits per heavy atom. The van der Waals surface area contributed by atoms with Gasteiger partial charge in [-0.2, -0.15) is 0 Å². The summed E-state index contributed by atoms with van der Waals surface area (Å²) in [7, 11) is 0. The van der Waals surface area contributed by atoms with Crippen LogP contribution in [0.3, 0.4) is 0 Å². The summed E-state index contributed by atoms with van der Waals surface area (Å²) < 4.78 is 6.15. The highest BCUT2D eigenvalue weighted by atomic mass is 16.5. The molecule has 4 aromatic rings. The van der Waals surface area contributed by atoms with Gasteiger partial charge in [-0.15, -0.1) is 0 Å². The van der Waals surface area contributed by atoms with E-state index in [-0.39, 0.29) is 17.2 Å². The molecule has 0 radical (unpaired) electrons. The Hall–Kier alpha value is -4.12. The van der Waals surface area contributed by atoms with Crippen LogP contribution in [0.5, 0.6) is 28.7 Å². The standard InChI is InChI=1S/C30H31NO4/c1-17-7-13-26(21(5)28(17)33)31(27-14-8-18(2)29(34)22(27)6)23-9-11-25(12-10-23)35-30-19(3)15-24(32)16-20(30)4/h7-16,32-34H,1-6H3. The fourth-order valence-corrected chi connectivity index (χ4v) is 4.41. The maximum atomic E-state index is 10.7. The van der Waals surface area contributed by atoms with Crippen molar-refractivity contribution < 1.29 is 20.1 Å². The van der Waals surface area contributed by atoms with Crippen molar-refractivity contribution in [1.82, 2.24) is 0 Å². The minimum atomic E-state index is 0.215. The highest BCUT2D eigenvalue weighted by Crippen LogP contribution is 2.44. The van der Waals surface area contributed by atoms with Gasteiger partial charge in [-0.25, -0.2) is 0 Å². The molecule has 0 amide bonds. The Labute approximate surface area is 206 Å². The zero-order chi connectivity index (χ0) is 25.4. The van der Waals surface area contributed by atoms with E-state index in [0.29, 0.717) is 11.5 Å². The van der Waals surface area contributed by atoms with E-state index in [2.05, 4.69) is 0 Å². The SMILES string of the molecule is Cc1ccc(N(c2ccc(Oc3c(C)cc(O)cc3C)cc2)c2ccc(C)c(O)c2C)c(C)c1O. The van der Waals surface area contributed by atoms with Crippen molar-refractivity contribution in [2.75, 3.05) is 4.90 Å². The smallest absolute Gasteiger partial charge is 0.133 e. The number of phenolic OH excluding ortho intramolecular Hbond substituents is 3. The number of benzene rings is 4. The first-order valence-corrected chi connectivity index (χ1v) is 11.5. The molecule has 0 aromatic heterocycles. The molecule has 0 spiro atoms. The van der Waals surface area contributed by atoms with Gasteiger partial charge in [0, 0.05) is 16.8 Å². The lowest BCUT2D eigenvalue weighted by molar-refractivity contribution is 0.458. The minimum absolute atomic E-state index is 0.215. The molecule has 5 nitrogen and oxygen atoms in total. The molecule has 0 aliphatic rings. The average Bonchev–Trinajstić information content (AvgIpc) is 2.82. The van der Waals surface area contributed by atoms with Crippen LogP contribution in [0.25, 0.3) is 0 Å². The van der Waals surface area contributed by atoms with Crippen molar-refractivity contribution in [3.63, 3.8) is 0 Å². The Morgan fingerprint density at radius 1 is 0.571 bits per heavy atom. The van der Waals surface area contributed by atoms with Crippen LogP contribution in [0.15, 0.2) is 60.7 Å². The molecule has 0 saturated carbocycles. The Morgan fingerprint density at radius 3 is 1.49 bits per heavy atom. The monoisotopic (exact) mass is 469 g/mol. The van der Waals surface area contributed by atoms with Crippen LogP contribution in [-0.2, 0) is 0 Å². The molecule has 0 heterocycles. The Kier molecular flexibility index (Phi) is 6.35. The topological polar surface area (TPSA) is 73.2 Å². The second kappa shape index (κ2) is 9.26. The molecule has 180 valence electrons. The average molecular weight is 470 g/mol. The fraction of sp³-hybridized carbons (Fsp3) is 0.200. The Bertz CT molecular complexity index is 1330. The summed E-state index contributed by atoms with van der Waals surface area (Å²) >= 11 is 0. The van der Waals surface area contributed by atoms with Crippen molar-refractivity contribution in [1.29, 1.82) is 0 Å². The first-order valence-electron chi connectivity index (χ1n) is 11.5. The van der Waals surface area contributed by atoms with E-state index >= 15 is 0 Å². The first-order chi connectivity index (χ1) is 16.6. The number of rotatable bonds is 5. The number of phenols is 3. The molecule has 0 bridgehead atoms. The summed E-state index contributed by atoms with van der Waals surface area (Å²) in [5.41, 5.74) is 7.30. The normalized spacial score (nSPS) is 10.9. The number of aryl methyl sites for hydroxylation is 4. The summed E-state index contributed by atoms with van der Waals surface area (Å²) in [6.07, 6.45) is 0. The third kappa shape index (κ3) is 4.50. The molecular formula is C30H31NO4. The zero-order valence-electron chi connectivity index (χ0n) is 21.0. The number of nitrogens with zero attached hydrogens (tertiary/aromatic N) is 1. The van der Waals surface area contributed by atoms with E-state index in [4.69, 9.17) is 4.74 Å². The van der Waals surface area contributed by atoms with E-state index in [0.717, 1.165) is 50.4 Å². The molecule has 5 heteroatoms. The molecule has 4 aromatic carbocycles. The molecular weight excluding hydrogens is 438 g/mol. The number of hydrogen-bond donors (Lipinski definition) is 3. The second-order valence-electron chi connectivity index (χ2n) is 9.09. The van der Waals surface area contributed by atoms with Crippen molar-refractivity contribution >= 4 is 17.1 Å². The number of ether oxygens (including phenoxy) is 1. The summed E-state index contributed by atoms with van der Waals surface area (Å²) in [4.78, 5) is 2.03. The van der Waals surface area contributed by atoms with Crippen molar-refractivity contribution in [3.05, 3.63) is 94.0 Å². The lowest BCUT2D eigenvalue weighted by Crippen LogP contribution is -2.13. The van der Waals surface area contributed by atoms with Gasteiger partial charge in [-0.3, -0.25) is 0 Å². The predicted molar refractivity (Wildman–Crippen MR) is 141 cm³/mol. The summed E-state index contributed by atoms with van der Waals surface area (Å²) in [6, 6.07) is 18.8. The van der Waals surface area contributed by atoms with Gasteiger partial charge in [-0.05, 0) is 112 Å². The van der Waals surface area contributed by atoms with Gasteiger partial charge in [0.05, 0.1) is 11.4 Å². The third-order valence-electron chi connectivity index (χ3n) is 6.45. The molecule has 0 aliphatic carbocycles. The van der Waals surface area contributed by atoms with Crippen molar-refractivity contribution in [2.24, 2.45) is 0 Å². The fourth-order valence-electron chi connectivity index (χ4n) is 4.41. The van der Waals surface area contributed by atoms with Gasteiger partial charge in [0.25, 0.3) is 0 Å².